The van der Waals surface area contributed by atoms with Crippen LogP contribution in [0.4, 0.5) is 0 Å². The Morgan fingerprint density at radius 3 is 2.50 bits per heavy atom. The Labute approximate surface area is 109 Å². The molecule has 1 heterocycles. The van der Waals surface area contributed by atoms with E-state index in [1.165, 1.54) is 32.1 Å². The molecule has 3 nitrogen and oxygen atoms in total. The van der Waals surface area contributed by atoms with Crippen molar-refractivity contribution in [1.82, 2.24) is 0 Å². The van der Waals surface area contributed by atoms with Crippen molar-refractivity contribution in [2.24, 2.45) is 17.8 Å². The third kappa shape index (κ3) is 2.17. The lowest BCUT2D eigenvalue weighted by Gasteiger charge is -2.33. The van der Waals surface area contributed by atoms with E-state index in [0.717, 1.165) is 32.0 Å². The van der Waals surface area contributed by atoms with Gasteiger partial charge in [0.25, 0.3) is 0 Å². The second-order valence-corrected chi connectivity index (χ2v) is 6.16. The summed E-state index contributed by atoms with van der Waals surface area (Å²) in [6.07, 6.45) is 9.49. The van der Waals surface area contributed by atoms with Crippen molar-refractivity contribution >= 4 is 0 Å². The van der Waals surface area contributed by atoms with Gasteiger partial charge in [-0.1, -0.05) is 25.7 Å². The van der Waals surface area contributed by atoms with E-state index in [1.54, 1.807) is 0 Å². The minimum Gasteiger partial charge on any atom is -0.347 e. The van der Waals surface area contributed by atoms with E-state index in [-0.39, 0.29) is 5.79 Å². The Hall–Kier alpha value is -0.590. The zero-order valence-electron chi connectivity index (χ0n) is 11.1. The molecular weight excluding hydrogens is 226 g/mol. The van der Waals surface area contributed by atoms with Gasteiger partial charge in [0.1, 0.15) is 0 Å². The van der Waals surface area contributed by atoms with Crippen LogP contribution >= 0.6 is 0 Å². The van der Waals surface area contributed by atoms with Crippen LogP contribution in [0.2, 0.25) is 0 Å². The molecule has 0 aromatic rings. The number of ether oxygens (including phenoxy) is 2. The van der Waals surface area contributed by atoms with Crippen molar-refractivity contribution in [3.05, 3.63) is 0 Å². The Kier molecular flexibility index (Phi) is 3.59. The van der Waals surface area contributed by atoms with Gasteiger partial charge >= 0.3 is 0 Å². The fraction of sp³-hybridized carbons (Fsp3) is 0.933. The topological polar surface area (TPSA) is 42.2 Å². The van der Waals surface area contributed by atoms with E-state index in [9.17, 15) is 0 Å². The van der Waals surface area contributed by atoms with Crippen molar-refractivity contribution in [2.75, 3.05) is 13.2 Å². The van der Waals surface area contributed by atoms with Crippen LogP contribution in [0.25, 0.3) is 0 Å². The van der Waals surface area contributed by atoms with E-state index in [0.29, 0.717) is 18.3 Å². The smallest absolute Gasteiger partial charge is 0.171 e. The quantitative estimate of drug-likeness (QED) is 0.771. The van der Waals surface area contributed by atoms with E-state index < -0.39 is 0 Å². The molecule has 3 rings (SSSR count). The number of nitrogens with zero attached hydrogens (tertiary/aromatic N) is 1. The summed E-state index contributed by atoms with van der Waals surface area (Å²) in [5.41, 5.74) is 0. The Morgan fingerprint density at radius 2 is 1.83 bits per heavy atom. The maximum absolute atomic E-state index is 9.00. The molecule has 0 radical (unpaired) electrons. The molecule has 1 aliphatic heterocycles. The Bertz CT molecular complexity index is 324. The molecule has 0 N–H and O–H groups in total. The first-order valence-electron chi connectivity index (χ1n) is 7.49. The average Bonchev–Trinajstić information content (AvgIpc) is 3.08. The fourth-order valence-corrected chi connectivity index (χ4v) is 4.30. The van der Waals surface area contributed by atoms with Crippen LogP contribution in [0, 0.1) is 29.1 Å². The molecule has 1 saturated heterocycles. The predicted octanol–water partition coefficient (Wildman–Crippen LogP) is 3.25. The second-order valence-electron chi connectivity index (χ2n) is 6.16. The van der Waals surface area contributed by atoms with Crippen LogP contribution in [0.3, 0.4) is 0 Å². The average molecular weight is 249 g/mol. The van der Waals surface area contributed by atoms with Gasteiger partial charge in [0, 0.05) is 18.8 Å². The summed E-state index contributed by atoms with van der Waals surface area (Å²) in [6, 6.07) is 2.36. The van der Waals surface area contributed by atoms with Gasteiger partial charge < -0.3 is 9.47 Å². The van der Waals surface area contributed by atoms with Gasteiger partial charge in [0.2, 0.25) is 0 Å². The molecule has 0 aromatic heterocycles. The van der Waals surface area contributed by atoms with Gasteiger partial charge in [-0.2, -0.15) is 5.26 Å². The molecule has 3 heteroatoms. The van der Waals surface area contributed by atoms with Gasteiger partial charge in [-0.05, 0) is 24.7 Å². The zero-order valence-corrected chi connectivity index (χ0v) is 11.1. The van der Waals surface area contributed by atoms with E-state index >= 15 is 0 Å². The summed E-state index contributed by atoms with van der Waals surface area (Å²) in [5, 5.41) is 9.00. The number of nitriles is 1. The van der Waals surface area contributed by atoms with Gasteiger partial charge in [0.05, 0.1) is 19.3 Å². The molecule has 2 saturated carbocycles. The van der Waals surface area contributed by atoms with Crippen LogP contribution in [0.1, 0.15) is 51.4 Å². The first kappa shape index (κ1) is 12.4. The molecule has 0 bridgehead atoms. The van der Waals surface area contributed by atoms with Gasteiger partial charge in [-0.15, -0.1) is 0 Å². The molecule has 3 aliphatic rings. The van der Waals surface area contributed by atoms with Crippen molar-refractivity contribution in [1.29, 1.82) is 5.26 Å². The van der Waals surface area contributed by atoms with Crippen LogP contribution in [-0.4, -0.2) is 19.0 Å². The third-order valence-electron chi connectivity index (χ3n) is 5.19. The van der Waals surface area contributed by atoms with Crippen LogP contribution in [0.5, 0.6) is 0 Å². The molecule has 0 aromatic carbocycles. The van der Waals surface area contributed by atoms with Crippen LogP contribution in [-0.2, 0) is 9.47 Å². The number of hydrogen-bond donors (Lipinski definition) is 0. The minimum absolute atomic E-state index is 0.315. The molecule has 1 spiro atoms. The SMILES string of the molecule is N#CCC1CCC2(OCCO2)C1CC1CCCC1. The van der Waals surface area contributed by atoms with Gasteiger partial charge in [0.15, 0.2) is 5.79 Å². The summed E-state index contributed by atoms with van der Waals surface area (Å²) >= 11 is 0. The highest BCUT2D eigenvalue weighted by Gasteiger charge is 2.52. The fourth-order valence-electron chi connectivity index (χ4n) is 4.30. The minimum atomic E-state index is -0.315. The highest BCUT2D eigenvalue weighted by molar-refractivity contribution is 4.98. The van der Waals surface area contributed by atoms with E-state index in [1.807, 2.05) is 0 Å². The molecular formula is C15H23NO2. The third-order valence-corrected chi connectivity index (χ3v) is 5.19. The summed E-state index contributed by atoms with van der Waals surface area (Å²) in [6.45, 7) is 1.47. The molecule has 2 unspecified atom stereocenters. The van der Waals surface area contributed by atoms with Crippen molar-refractivity contribution in [2.45, 2.75) is 57.2 Å². The molecule has 100 valence electrons. The second kappa shape index (κ2) is 5.19. The molecule has 2 atom stereocenters. The summed E-state index contributed by atoms with van der Waals surface area (Å²) in [4.78, 5) is 0. The van der Waals surface area contributed by atoms with Crippen molar-refractivity contribution < 1.29 is 9.47 Å². The first-order valence-corrected chi connectivity index (χ1v) is 7.49. The first-order chi connectivity index (χ1) is 8.84. The number of hydrogen-bond acceptors (Lipinski definition) is 3. The standard InChI is InChI=1S/C15H23NO2/c16-8-6-13-5-7-15(17-9-10-18-15)14(13)11-12-3-1-2-4-12/h12-14H,1-7,9-11H2. The highest BCUT2D eigenvalue weighted by Crippen LogP contribution is 2.51. The maximum Gasteiger partial charge on any atom is 0.171 e. The highest BCUT2D eigenvalue weighted by atomic mass is 16.7. The maximum atomic E-state index is 9.00. The molecule has 2 aliphatic carbocycles. The number of rotatable bonds is 3. The van der Waals surface area contributed by atoms with Crippen molar-refractivity contribution in [3.8, 4) is 6.07 Å². The normalized spacial score (nSPS) is 35.3. The van der Waals surface area contributed by atoms with E-state index in [4.69, 9.17) is 14.7 Å². The summed E-state index contributed by atoms with van der Waals surface area (Å²) < 4.78 is 11.9. The lowest BCUT2D eigenvalue weighted by molar-refractivity contribution is -0.189. The van der Waals surface area contributed by atoms with E-state index in [2.05, 4.69) is 6.07 Å². The van der Waals surface area contributed by atoms with Crippen LogP contribution in [0.15, 0.2) is 0 Å². The molecule has 18 heavy (non-hydrogen) atoms. The van der Waals surface area contributed by atoms with Crippen molar-refractivity contribution in [3.63, 3.8) is 0 Å². The largest absolute Gasteiger partial charge is 0.347 e. The van der Waals surface area contributed by atoms with Gasteiger partial charge in [-0.3, -0.25) is 0 Å². The summed E-state index contributed by atoms with van der Waals surface area (Å²) in [5.74, 6) is 1.49. The zero-order chi connectivity index (χ0) is 12.4. The summed E-state index contributed by atoms with van der Waals surface area (Å²) in [7, 11) is 0. The van der Waals surface area contributed by atoms with Crippen LogP contribution < -0.4 is 0 Å². The molecule has 0 amide bonds. The molecule has 3 fully saturated rings. The lowest BCUT2D eigenvalue weighted by atomic mass is 9.82. The lowest BCUT2D eigenvalue weighted by Crippen LogP contribution is -2.37. The Balaban J connectivity index is 1.72. The Morgan fingerprint density at radius 1 is 1.11 bits per heavy atom. The van der Waals surface area contributed by atoms with Gasteiger partial charge in [-0.25, -0.2) is 0 Å². The predicted molar refractivity (Wildman–Crippen MR) is 67.7 cm³/mol. The monoisotopic (exact) mass is 249 g/mol.